The van der Waals surface area contributed by atoms with Crippen molar-refractivity contribution in [2.24, 2.45) is 0 Å². The summed E-state index contributed by atoms with van der Waals surface area (Å²) in [7, 11) is 0. The Labute approximate surface area is 154 Å². The minimum absolute atomic E-state index is 0.0390. The highest BCUT2D eigenvalue weighted by Gasteiger charge is 2.14. The second kappa shape index (κ2) is 6.53. The van der Waals surface area contributed by atoms with E-state index in [2.05, 4.69) is 9.97 Å². The van der Waals surface area contributed by atoms with E-state index in [0.29, 0.717) is 17.9 Å². The standard InChI is InChI=1S/C20H19N3O2S/c1-12-5-4-6-15(9-12)25-8-7-23-11-21-17-16-13(2)10-14(3)22-19(16)26-18(17)20(23)24/h4-6,9-11H,7-8H2,1-3H3. The molecule has 0 aliphatic rings. The minimum atomic E-state index is -0.0390. The molecule has 26 heavy (non-hydrogen) atoms. The molecule has 4 aromatic rings. The molecular weight excluding hydrogens is 346 g/mol. The molecule has 0 aliphatic carbocycles. The molecule has 3 aromatic heterocycles. The van der Waals surface area contributed by atoms with Gasteiger partial charge in [-0.15, -0.1) is 11.3 Å². The van der Waals surface area contributed by atoms with Crippen LogP contribution in [-0.4, -0.2) is 21.1 Å². The summed E-state index contributed by atoms with van der Waals surface area (Å²) in [6, 6.07) is 9.90. The zero-order chi connectivity index (χ0) is 18.3. The number of benzene rings is 1. The Bertz CT molecular complexity index is 1180. The molecule has 0 atom stereocenters. The van der Waals surface area contributed by atoms with Gasteiger partial charge in [-0.25, -0.2) is 9.97 Å². The number of thiophene rings is 1. The van der Waals surface area contributed by atoms with Gasteiger partial charge >= 0.3 is 0 Å². The van der Waals surface area contributed by atoms with Crippen LogP contribution in [0.25, 0.3) is 20.4 Å². The Morgan fingerprint density at radius 2 is 2.04 bits per heavy atom. The Kier molecular flexibility index (Phi) is 4.20. The van der Waals surface area contributed by atoms with E-state index in [9.17, 15) is 4.79 Å². The lowest BCUT2D eigenvalue weighted by molar-refractivity contribution is 0.296. The van der Waals surface area contributed by atoms with Gasteiger partial charge in [0.15, 0.2) is 0 Å². The normalized spacial score (nSPS) is 11.3. The molecule has 1 aromatic carbocycles. The largest absolute Gasteiger partial charge is 0.492 e. The molecule has 0 bridgehead atoms. The maximum absolute atomic E-state index is 12.8. The van der Waals surface area contributed by atoms with Crippen molar-refractivity contribution in [1.29, 1.82) is 0 Å². The van der Waals surface area contributed by atoms with Gasteiger partial charge < -0.3 is 4.74 Å². The zero-order valence-electron chi connectivity index (χ0n) is 14.9. The molecule has 0 saturated carbocycles. The van der Waals surface area contributed by atoms with Crippen LogP contribution in [0.3, 0.4) is 0 Å². The van der Waals surface area contributed by atoms with Crippen molar-refractivity contribution in [1.82, 2.24) is 14.5 Å². The minimum Gasteiger partial charge on any atom is -0.492 e. The predicted octanol–water partition coefficient (Wildman–Crippen LogP) is 4.01. The molecule has 6 heteroatoms. The van der Waals surface area contributed by atoms with Crippen LogP contribution in [-0.2, 0) is 6.54 Å². The van der Waals surface area contributed by atoms with Crippen molar-refractivity contribution in [3.63, 3.8) is 0 Å². The van der Waals surface area contributed by atoms with E-state index < -0.39 is 0 Å². The highest BCUT2D eigenvalue weighted by atomic mass is 32.1. The summed E-state index contributed by atoms with van der Waals surface area (Å²) < 4.78 is 8.01. The fourth-order valence-corrected chi connectivity index (χ4v) is 4.33. The first-order chi connectivity index (χ1) is 12.5. The number of pyridine rings is 1. The molecule has 0 saturated heterocycles. The summed E-state index contributed by atoms with van der Waals surface area (Å²) in [5, 5.41) is 0.982. The van der Waals surface area contributed by atoms with Gasteiger partial charge in [-0.1, -0.05) is 12.1 Å². The van der Waals surface area contributed by atoms with Gasteiger partial charge in [0.25, 0.3) is 5.56 Å². The lowest BCUT2D eigenvalue weighted by Crippen LogP contribution is -2.22. The average molecular weight is 365 g/mol. The molecule has 0 radical (unpaired) electrons. The van der Waals surface area contributed by atoms with Crippen LogP contribution in [0.5, 0.6) is 5.75 Å². The topological polar surface area (TPSA) is 57.0 Å². The highest BCUT2D eigenvalue weighted by molar-refractivity contribution is 7.25. The quantitative estimate of drug-likeness (QED) is 0.548. The first-order valence-corrected chi connectivity index (χ1v) is 9.30. The van der Waals surface area contributed by atoms with E-state index in [1.54, 1.807) is 10.9 Å². The van der Waals surface area contributed by atoms with Crippen LogP contribution in [0, 0.1) is 20.8 Å². The number of rotatable bonds is 4. The van der Waals surface area contributed by atoms with E-state index in [1.807, 2.05) is 51.1 Å². The van der Waals surface area contributed by atoms with Crippen molar-refractivity contribution < 1.29 is 4.74 Å². The third kappa shape index (κ3) is 2.97. The molecule has 0 fully saturated rings. The summed E-state index contributed by atoms with van der Waals surface area (Å²) in [5.41, 5.74) is 3.91. The van der Waals surface area contributed by atoms with Crippen LogP contribution in [0.1, 0.15) is 16.8 Å². The van der Waals surface area contributed by atoms with Crippen LogP contribution in [0.4, 0.5) is 0 Å². The summed E-state index contributed by atoms with van der Waals surface area (Å²) in [5.74, 6) is 0.809. The van der Waals surface area contributed by atoms with Crippen LogP contribution in [0.2, 0.25) is 0 Å². The SMILES string of the molecule is Cc1cccc(OCCn2cnc3c(sc4nc(C)cc(C)c43)c2=O)c1. The van der Waals surface area contributed by atoms with E-state index >= 15 is 0 Å². The van der Waals surface area contributed by atoms with Gasteiger partial charge in [-0.05, 0) is 50.1 Å². The predicted molar refractivity (Wildman–Crippen MR) is 105 cm³/mol. The van der Waals surface area contributed by atoms with E-state index in [4.69, 9.17) is 4.74 Å². The van der Waals surface area contributed by atoms with E-state index in [1.165, 1.54) is 11.3 Å². The van der Waals surface area contributed by atoms with Gasteiger partial charge in [0.1, 0.15) is 21.9 Å². The second-order valence-electron chi connectivity index (χ2n) is 6.45. The molecule has 4 rings (SSSR count). The molecule has 0 spiro atoms. The number of nitrogens with zero attached hydrogens (tertiary/aromatic N) is 3. The maximum atomic E-state index is 12.8. The van der Waals surface area contributed by atoms with E-state index in [-0.39, 0.29) is 5.56 Å². The number of aryl methyl sites for hydroxylation is 3. The molecule has 0 amide bonds. The highest BCUT2D eigenvalue weighted by Crippen LogP contribution is 2.31. The number of hydrogen-bond acceptors (Lipinski definition) is 5. The van der Waals surface area contributed by atoms with Gasteiger partial charge in [0.05, 0.1) is 18.4 Å². The lowest BCUT2D eigenvalue weighted by atomic mass is 10.1. The second-order valence-corrected chi connectivity index (χ2v) is 7.45. The fraction of sp³-hybridized carbons (Fsp3) is 0.250. The molecule has 5 nitrogen and oxygen atoms in total. The van der Waals surface area contributed by atoms with Crippen molar-refractivity contribution in [3.8, 4) is 5.75 Å². The molecular formula is C20H19N3O2S. The zero-order valence-corrected chi connectivity index (χ0v) is 15.8. The maximum Gasteiger partial charge on any atom is 0.271 e. The lowest BCUT2D eigenvalue weighted by Gasteiger charge is -2.08. The van der Waals surface area contributed by atoms with Crippen molar-refractivity contribution in [3.05, 3.63) is 63.8 Å². The van der Waals surface area contributed by atoms with Gasteiger partial charge in [0.2, 0.25) is 0 Å². The van der Waals surface area contributed by atoms with Crippen LogP contribution in [0.15, 0.2) is 41.5 Å². The Morgan fingerprint density at radius 3 is 2.85 bits per heavy atom. The summed E-state index contributed by atoms with van der Waals surface area (Å²) in [4.78, 5) is 22.8. The third-order valence-corrected chi connectivity index (χ3v) is 5.39. The summed E-state index contributed by atoms with van der Waals surface area (Å²) in [6.45, 7) is 6.89. The first-order valence-electron chi connectivity index (χ1n) is 8.48. The number of aromatic nitrogens is 3. The Balaban J connectivity index is 1.64. The summed E-state index contributed by atoms with van der Waals surface area (Å²) >= 11 is 1.41. The van der Waals surface area contributed by atoms with Crippen molar-refractivity contribution >= 4 is 31.8 Å². The van der Waals surface area contributed by atoms with E-state index in [0.717, 1.165) is 38.3 Å². The molecule has 0 N–H and O–H groups in total. The van der Waals surface area contributed by atoms with Crippen molar-refractivity contribution in [2.75, 3.05) is 6.61 Å². The van der Waals surface area contributed by atoms with Crippen molar-refractivity contribution in [2.45, 2.75) is 27.3 Å². The van der Waals surface area contributed by atoms with Gasteiger partial charge in [-0.3, -0.25) is 9.36 Å². The molecule has 0 unspecified atom stereocenters. The average Bonchev–Trinajstić information content (AvgIpc) is 2.96. The number of ether oxygens (including phenoxy) is 1. The number of fused-ring (bicyclic) bond motifs is 3. The Hall–Kier alpha value is -2.73. The van der Waals surface area contributed by atoms with Crippen LogP contribution >= 0.6 is 11.3 Å². The van der Waals surface area contributed by atoms with Gasteiger partial charge in [0, 0.05) is 11.1 Å². The summed E-state index contributed by atoms with van der Waals surface area (Å²) in [6.07, 6.45) is 1.61. The smallest absolute Gasteiger partial charge is 0.271 e. The first kappa shape index (κ1) is 16.7. The fourth-order valence-electron chi connectivity index (χ4n) is 3.13. The monoisotopic (exact) mass is 365 g/mol. The third-order valence-electron chi connectivity index (χ3n) is 4.33. The molecule has 3 heterocycles. The number of hydrogen-bond donors (Lipinski definition) is 0. The van der Waals surface area contributed by atoms with Gasteiger partial charge in [-0.2, -0.15) is 0 Å². The van der Waals surface area contributed by atoms with Crippen LogP contribution < -0.4 is 10.3 Å². The Morgan fingerprint density at radius 1 is 1.19 bits per heavy atom. The molecule has 132 valence electrons. The molecule has 0 aliphatic heterocycles.